The van der Waals surface area contributed by atoms with E-state index in [1.165, 1.54) is 18.2 Å². The van der Waals surface area contributed by atoms with Crippen LogP contribution in [0.2, 0.25) is 10.0 Å². The zero-order valence-electron chi connectivity index (χ0n) is 15.3. The molecule has 1 aliphatic rings. The smallest absolute Gasteiger partial charge is 0.258 e. The van der Waals surface area contributed by atoms with Gasteiger partial charge in [-0.1, -0.05) is 41.4 Å². The summed E-state index contributed by atoms with van der Waals surface area (Å²) in [5.41, 5.74) is 0.949. The first-order valence-corrected chi connectivity index (χ1v) is 9.97. The summed E-state index contributed by atoms with van der Waals surface area (Å²) in [4.78, 5) is 28.6. The lowest BCUT2D eigenvalue weighted by molar-refractivity contribution is -0.131. The molecule has 1 aliphatic heterocycles. The van der Waals surface area contributed by atoms with Gasteiger partial charge in [0.1, 0.15) is 5.82 Å². The average molecular weight is 423 g/mol. The van der Waals surface area contributed by atoms with Gasteiger partial charge in [-0.2, -0.15) is 0 Å². The minimum atomic E-state index is -0.627. The van der Waals surface area contributed by atoms with Gasteiger partial charge in [-0.15, -0.1) is 0 Å². The van der Waals surface area contributed by atoms with E-state index in [0.717, 1.165) is 5.56 Å². The first-order chi connectivity index (χ1) is 13.5. The van der Waals surface area contributed by atoms with Gasteiger partial charge in [0.25, 0.3) is 5.91 Å². The van der Waals surface area contributed by atoms with Crippen LogP contribution in [0.4, 0.5) is 4.39 Å². The number of aryl methyl sites for hydroxylation is 1. The van der Waals surface area contributed by atoms with Gasteiger partial charge in [0.05, 0.1) is 10.6 Å². The average Bonchev–Trinajstić information content (AvgIpc) is 2.93. The maximum absolute atomic E-state index is 14.0. The number of halogens is 3. The number of amides is 2. The van der Waals surface area contributed by atoms with Crippen molar-refractivity contribution in [3.63, 3.8) is 0 Å². The van der Waals surface area contributed by atoms with E-state index in [1.54, 1.807) is 9.80 Å². The summed E-state index contributed by atoms with van der Waals surface area (Å²) in [5.74, 6) is -1.01. The van der Waals surface area contributed by atoms with Crippen LogP contribution in [0.25, 0.3) is 0 Å². The molecule has 1 saturated heterocycles. The van der Waals surface area contributed by atoms with Gasteiger partial charge >= 0.3 is 0 Å². The van der Waals surface area contributed by atoms with Crippen molar-refractivity contribution in [1.29, 1.82) is 0 Å². The number of hydrogen-bond acceptors (Lipinski definition) is 2. The fraction of sp³-hybridized carbons (Fsp3) is 0.333. The van der Waals surface area contributed by atoms with Crippen molar-refractivity contribution in [1.82, 2.24) is 9.80 Å². The maximum atomic E-state index is 14.0. The predicted octanol–water partition coefficient (Wildman–Crippen LogP) is 4.44. The van der Waals surface area contributed by atoms with Crippen LogP contribution in [-0.2, 0) is 11.2 Å². The molecular formula is C21H21Cl2FN2O2. The zero-order valence-corrected chi connectivity index (χ0v) is 16.8. The minimum absolute atomic E-state index is 0.0492. The molecule has 7 heteroatoms. The van der Waals surface area contributed by atoms with Crippen LogP contribution < -0.4 is 0 Å². The van der Waals surface area contributed by atoms with E-state index in [1.807, 2.05) is 24.3 Å². The summed E-state index contributed by atoms with van der Waals surface area (Å²) in [5, 5.41) is 0.771. The number of rotatable bonds is 4. The van der Waals surface area contributed by atoms with Crippen LogP contribution in [0, 0.1) is 5.82 Å². The lowest BCUT2D eigenvalue weighted by atomic mass is 10.1. The van der Waals surface area contributed by atoms with Crippen molar-refractivity contribution in [3.05, 3.63) is 69.5 Å². The number of hydrogen-bond donors (Lipinski definition) is 0. The van der Waals surface area contributed by atoms with Crippen LogP contribution in [0.1, 0.15) is 28.8 Å². The standard InChI is InChI=1S/C21H21Cl2FN2O2/c22-16-8-5-15(6-9-16)7-10-19(27)25-11-2-12-26(14-13-25)21(28)20-17(23)3-1-4-18(20)24/h1,3-6,8-9H,2,7,10-14H2. The van der Waals surface area contributed by atoms with E-state index in [0.29, 0.717) is 50.5 Å². The molecular weight excluding hydrogens is 402 g/mol. The first-order valence-electron chi connectivity index (χ1n) is 9.21. The van der Waals surface area contributed by atoms with E-state index in [-0.39, 0.29) is 16.5 Å². The molecule has 3 rings (SSSR count). The summed E-state index contributed by atoms with van der Waals surface area (Å²) >= 11 is 11.9. The van der Waals surface area contributed by atoms with Crippen LogP contribution in [0.3, 0.4) is 0 Å². The van der Waals surface area contributed by atoms with E-state index >= 15 is 0 Å². The molecule has 0 radical (unpaired) electrons. The molecule has 1 fully saturated rings. The zero-order chi connectivity index (χ0) is 20.1. The largest absolute Gasteiger partial charge is 0.341 e. The highest BCUT2D eigenvalue weighted by atomic mass is 35.5. The topological polar surface area (TPSA) is 40.6 Å². The number of benzene rings is 2. The molecule has 28 heavy (non-hydrogen) atoms. The van der Waals surface area contributed by atoms with Gasteiger partial charge < -0.3 is 9.80 Å². The highest BCUT2D eigenvalue weighted by Gasteiger charge is 2.25. The Morgan fingerprint density at radius 3 is 2.32 bits per heavy atom. The third-order valence-corrected chi connectivity index (χ3v) is 5.42. The van der Waals surface area contributed by atoms with E-state index in [4.69, 9.17) is 23.2 Å². The Hall–Kier alpha value is -2.11. The Morgan fingerprint density at radius 2 is 1.61 bits per heavy atom. The Kier molecular flexibility index (Phi) is 6.92. The molecule has 2 aromatic rings. The lowest BCUT2D eigenvalue weighted by Crippen LogP contribution is -2.37. The SMILES string of the molecule is O=C(CCc1ccc(Cl)cc1)N1CCCN(C(=O)c2c(F)cccc2Cl)CC1. The van der Waals surface area contributed by atoms with Crippen molar-refractivity contribution in [3.8, 4) is 0 Å². The third-order valence-electron chi connectivity index (χ3n) is 4.85. The van der Waals surface area contributed by atoms with Gasteiger partial charge in [-0.3, -0.25) is 9.59 Å². The third kappa shape index (κ3) is 5.03. The van der Waals surface area contributed by atoms with E-state index in [2.05, 4.69) is 0 Å². The van der Waals surface area contributed by atoms with Crippen molar-refractivity contribution in [2.75, 3.05) is 26.2 Å². The molecule has 2 aromatic carbocycles. The molecule has 2 amide bonds. The monoisotopic (exact) mass is 422 g/mol. The van der Waals surface area contributed by atoms with Crippen molar-refractivity contribution in [2.24, 2.45) is 0 Å². The summed E-state index contributed by atoms with van der Waals surface area (Å²) < 4.78 is 14.0. The minimum Gasteiger partial charge on any atom is -0.341 e. The Labute approximate surface area is 173 Å². The molecule has 0 unspecified atom stereocenters. The molecule has 0 atom stereocenters. The molecule has 1 heterocycles. The summed E-state index contributed by atoms with van der Waals surface area (Å²) in [6.45, 7) is 1.83. The van der Waals surface area contributed by atoms with Crippen LogP contribution in [-0.4, -0.2) is 47.8 Å². The van der Waals surface area contributed by atoms with Gasteiger partial charge in [0.2, 0.25) is 5.91 Å². The van der Waals surface area contributed by atoms with Crippen molar-refractivity contribution >= 4 is 35.0 Å². The molecule has 4 nitrogen and oxygen atoms in total. The molecule has 0 bridgehead atoms. The van der Waals surface area contributed by atoms with Gasteiger partial charge in [0.15, 0.2) is 0 Å². The second-order valence-corrected chi connectivity index (χ2v) is 7.59. The maximum Gasteiger partial charge on any atom is 0.258 e. The summed E-state index contributed by atoms with van der Waals surface area (Å²) in [7, 11) is 0. The molecule has 0 aromatic heterocycles. The molecule has 148 valence electrons. The van der Waals surface area contributed by atoms with Gasteiger partial charge in [-0.05, 0) is 42.7 Å². The number of carbonyl (C=O) groups is 2. The first kappa shape index (κ1) is 20.6. The Morgan fingerprint density at radius 1 is 0.929 bits per heavy atom. The van der Waals surface area contributed by atoms with Crippen LogP contribution in [0.15, 0.2) is 42.5 Å². The van der Waals surface area contributed by atoms with Gasteiger partial charge in [0, 0.05) is 37.6 Å². The second kappa shape index (κ2) is 9.39. The molecule has 0 saturated carbocycles. The van der Waals surface area contributed by atoms with Crippen LogP contribution in [0.5, 0.6) is 0 Å². The summed E-state index contributed by atoms with van der Waals surface area (Å²) in [6.07, 6.45) is 1.68. The molecule has 0 N–H and O–H groups in total. The van der Waals surface area contributed by atoms with Gasteiger partial charge in [-0.25, -0.2) is 4.39 Å². The fourth-order valence-electron chi connectivity index (χ4n) is 3.29. The fourth-order valence-corrected chi connectivity index (χ4v) is 3.66. The summed E-state index contributed by atoms with van der Waals surface area (Å²) in [6, 6.07) is 11.6. The Balaban J connectivity index is 1.57. The Bertz CT molecular complexity index is 838. The highest BCUT2D eigenvalue weighted by Crippen LogP contribution is 2.21. The van der Waals surface area contributed by atoms with E-state index < -0.39 is 11.7 Å². The number of nitrogens with zero attached hydrogens (tertiary/aromatic N) is 2. The van der Waals surface area contributed by atoms with Crippen molar-refractivity contribution < 1.29 is 14.0 Å². The number of carbonyl (C=O) groups excluding carboxylic acids is 2. The lowest BCUT2D eigenvalue weighted by Gasteiger charge is -2.23. The van der Waals surface area contributed by atoms with E-state index in [9.17, 15) is 14.0 Å². The molecule has 0 aliphatic carbocycles. The highest BCUT2D eigenvalue weighted by molar-refractivity contribution is 6.33. The van der Waals surface area contributed by atoms with Crippen molar-refractivity contribution in [2.45, 2.75) is 19.3 Å². The second-order valence-electron chi connectivity index (χ2n) is 6.75. The normalized spacial score (nSPS) is 14.7. The quantitative estimate of drug-likeness (QED) is 0.730. The predicted molar refractivity (Wildman–Crippen MR) is 108 cm³/mol. The molecule has 0 spiro atoms. The van der Waals surface area contributed by atoms with Crippen LogP contribution >= 0.6 is 23.2 Å².